The molecule has 3 aromatic rings. The minimum Gasteiger partial charge on any atom is -0.356 e. The Morgan fingerprint density at radius 3 is 2.18 bits per heavy atom. The van der Waals surface area contributed by atoms with E-state index in [1.807, 2.05) is 17.0 Å². The zero-order valence-electron chi connectivity index (χ0n) is 17.7. The molecule has 1 heterocycles. The monoisotopic (exact) mass is 556 g/mol. The Morgan fingerprint density at radius 2 is 1.58 bits per heavy atom. The summed E-state index contributed by atoms with van der Waals surface area (Å²) in [5.74, 6) is -1.08. The molecule has 0 unspecified atom stereocenters. The second-order valence-corrected chi connectivity index (χ2v) is 8.46. The van der Waals surface area contributed by atoms with Crippen LogP contribution in [0.2, 0.25) is 0 Å². The largest absolute Gasteiger partial charge is 0.356 e. The van der Waals surface area contributed by atoms with Crippen molar-refractivity contribution in [1.82, 2.24) is 4.90 Å². The molecule has 0 aromatic heterocycles. The molecule has 8 heteroatoms. The highest BCUT2D eigenvalue weighted by Crippen LogP contribution is 2.21. The summed E-state index contributed by atoms with van der Waals surface area (Å²) in [6, 6.07) is 17.8. The second-order valence-electron chi connectivity index (χ2n) is 7.70. The summed E-state index contributed by atoms with van der Waals surface area (Å²) < 4.78 is 14.8. The first-order valence-corrected chi connectivity index (χ1v) is 12.0. The van der Waals surface area contributed by atoms with E-state index in [9.17, 15) is 14.0 Å². The zero-order valence-corrected chi connectivity index (χ0v) is 19.9. The van der Waals surface area contributed by atoms with Crippen molar-refractivity contribution in [3.63, 3.8) is 0 Å². The number of carbonyl (C=O) groups is 2. The summed E-state index contributed by atoms with van der Waals surface area (Å²) in [4.78, 5) is 27.6. The number of hydrogen-bond donors (Lipinski definition) is 3. The number of anilines is 2. The van der Waals surface area contributed by atoms with Gasteiger partial charge in [0, 0.05) is 34.3 Å². The van der Waals surface area contributed by atoms with Crippen molar-refractivity contribution in [3.8, 4) is 0 Å². The molecule has 6 nitrogen and oxygen atoms in total. The van der Waals surface area contributed by atoms with Crippen LogP contribution in [0.15, 0.2) is 66.7 Å². The smallest absolute Gasteiger partial charge is 0.257 e. The molecule has 0 atom stereocenters. The SMILES string of the molecule is N=C(c1ccc(C(=O)Nc2ccc(F)cc2C(=O)Nc2ccc(CI)cc2)cc1)N1CCC1. The molecule has 4 rings (SSSR count). The van der Waals surface area contributed by atoms with Crippen LogP contribution in [-0.2, 0) is 4.43 Å². The van der Waals surface area contributed by atoms with E-state index in [1.165, 1.54) is 12.1 Å². The van der Waals surface area contributed by atoms with Gasteiger partial charge in [0.15, 0.2) is 0 Å². The molecule has 0 bridgehead atoms. The fourth-order valence-corrected chi connectivity index (χ4v) is 3.89. The van der Waals surface area contributed by atoms with E-state index in [1.54, 1.807) is 36.4 Å². The summed E-state index contributed by atoms with van der Waals surface area (Å²) in [6.07, 6.45) is 1.08. The Morgan fingerprint density at radius 1 is 0.909 bits per heavy atom. The van der Waals surface area contributed by atoms with Crippen molar-refractivity contribution in [3.05, 3.63) is 94.8 Å². The quantitative estimate of drug-likeness (QED) is 0.167. The van der Waals surface area contributed by atoms with Gasteiger partial charge in [0.1, 0.15) is 11.7 Å². The Hall–Kier alpha value is -3.27. The van der Waals surface area contributed by atoms with E-state index in [4.69, 9.17) is 5.41 Å². The fraction of sp³-hybridized carbons (Fsp3) is 0.160. The van der Waals surface area contributed by atoms with Crippen LogP contribution < -0.4 is 10.6 Å². The number of amides is 2. The number of likely N-dealkylation sites (tertiary alicyclic amines) is 1. The van der Waals surface area contributed by atoms with Gasteiger partial charge in [0.2, 0.25) is 0 Å². The maximum atomic E-state index is 13.9. The highest BCUT2D eigenvalue weighted by molar-refractivity contribution is 14.1. The fourth-order valence-electron chi connectivity index (χ4n) is 3.39. The molecule has 0 spiro atoms. The first kappa shape index (κ1) is 22.9. The lowest BCUT2D eigenvalue weighted by Gasteiger charge is -2.33. The average molecular weight is 556 g/mol. The van der Waals surface area contributed by atoms with E-state index in [-0.39, 0.29) is 11.3 Å². The third-order valence-electron chi connectivity index (χ3n) is 5.43. The van der Waals surface area contributed by atoms with Crippen LogP contribution in [0.4, 0.5) is 15.8 Å². The number of halogens is 2. The molecule has 3 N–H and O–H groups in total. The van der Waals surface area contributed by atoms with Crippen molar-refractivity contribution in [1.29, 1.82) is 5.41 Å². The van der Waals surface area contributed by atoms with Crippen LogP contribution in [0, 0.1) is 11.2 Å². The molecule has 0 radical (unpaired) electrons. The Balaban J connectivity index is 1.48. The highest BCUT2D eigenvalue weighted by atomic mass is 127. The van der Waals surface area contributed by atoms with Crippen molar-refractivity contribution in [2.45, 2.75) is 10.8 Å². The van der Waals surface area contributed by atoms with Crippen LogP contribution in [0.1, 0.15) is 38.3 Å². The predicted octanol–water partition coefficient (Wildman–Crippen LogP) is 5.30. The number of hydrogen-bond acceptors (Lipinski definition) is 3. The standard InChI is InChI=1S/C25H22FIN4O2/c26-19-8-11-22(21(14-19)25(33)29-20-9-2-16(15-27)3-10-20)30-24(32)18-6-4-17(5-7-18)23(28)31-12-1-13-31/h2-11,14,28H,1,12-13,15H2,(H,29,33)(H,30,32). The lowest BCUT2D eigenvalue weighted by atomic mass is 10.1. The van der Waals surface area contributed by atoms with Crippen LogP contribution in [0.25, 0.3) is 0 Å². The van der Waals surface area contributed by atoms with E-state index < -0.39 is 17.6 Å². The summed E-state index contributed by atoms with van der Waals surface area (Å²) in [5, 5.41) is 13.6. The van der Waals surface area contributed by atoms with E-state index in [0.29, 0.717) is 17.1 Å². The van der Waals surface area contributed by atoms with Gasteiger partial charge in [0.05, 0.1) is 11.3 Å². The lowest BCUT2D eigenvalue weighted by Crippen LogP contribution is -2.42. The Kier molecular flexibility index (Phi) is 7.02. The molecule has 1 saturated heterocycles. The average Bonchev–Trinajstić information content (AvgIpc) is 2.79. The molecule has 0 aliphatic carbocycles. The maximum absolute atomic E-state index is 13.9. The van der Waals surface area contributed by atoms with Gasteiger partial charge in [0.25, 0.3) is 11.8 Å². The third kappa shape index (κ3) is 5.39. The highest BCUT2D eigenvalue weighted by Gasteiger charge is 2.19. The molecule has 168 valence electrons. The molecule has 1 fully saturated rings. The van der Waals surface area contributed by atoms with Crippen molar-refractivity contribution in [2.75, 3.05) is 23.7 Å². The lowest BCUT2D eigenvalue weighted by molar-refractivity contribution is 0.102. The number of alkyl halides is 1. The topological polar surface area (TPSA) is 85.3 Å². The van der Waals surface area contributed by atoms with Gasteiger partial charge in [-0.05, 0) is 54.4 Å². The number of benzene rings is 3. The number of rotatable bonds is 6. The van der Waals surface area contributed by atoms with E-state index in [2.05, 4.69) is 33.2 Å². The molecule has 1 aliphatic heterocycles. The number of nitrogens with zero attached hydrogens (tertiary/aromatic N) is 1. The van der Waals surface area contributed by atoms with Crippen molar-refractivity contribution < 1.29 is 14.0 Å². The van der Waals surface area contributed by atoms with Crippen LogP contribution >= 0.6 is 22.6 Å². The van der Waals surface area contributed by atoms with E-state index >= 15 is 0 Å². The molecule has 0 saturated carbocycles. The summed E-state index contributed by atoms with van der Waals surface area (Å²) in [7, 11) is 0. The number of carbonyl (C=O) groups excluding carboxylic acids is 2. The molecule has 2 amide bonds. The number of amidine groups is 1. The summed E-state index contributed by atoms with van der Waals surface area (Å²) in [6.45, 7) is 1.75. The van der Waals surface area contributed by atoms with Crippen molar-refractivity contribution in [2.24, 2.45) is 0 Å². The Labute approximate surface area is 204 Å². The van der Waals surface area contributed by atoms with Gasteiger partial charge in [-0.2, -0.15) is 0 Å². The summed E-state index contributed by atoms with van der Waals surface area (Å²) >= 11 is 2.25. The third-order valence-corrected chi connectivity index (χ3v) is 6.31. The Bertz CT molecular complexity index is 1190. The van der Waals surface area contributed by atoms with Crippen molar-refractivity contribution >= 4 is 51.6 Å². The molecular formula is C25H22FIN4O2. The van der Waals surface area contributed by atoms with Gasteiger partial charge in [-0.3, -0.25) is 15.0 Å². The number of nitrogens with one attached hydrogen (secondary N) is 3. The van der Waals surface area contributed by atoms with Gasteiger partial charge < -0.3 is 15.5 Å². The normalized spacial score (nSPS) is 12.6. The van der Waals surface area contributed by atoms with Gasteiger partial charge in [-0.15, -0.1) is 0 Å². The first-order valence-electron chi connectivity index (χ1n) is 10.5. The maximum Gasteiger partial charge on any atom is 0.257 e. The molecule has 1 aliphatic rings. The first-order chi connectivity index (χ1) is 15.9. The van der Waals surface area contributed by atoms with Crippen LogP contribution in [0.3, 0.4) is 0 Å². The predicted molar refractivity (Wildman–Crippen MR) is 136 cm³/mol. The van der Waals surface area contributed by atoms with Gasteiger partial charge in [-0.1, -0.05) is 46.9 Å². The van der Waals surface area contributed by atoms with Crippen LogP contribution in [0.5, 0.6) is 0 Å². The van der Waals surface area contributed by atoms with Crippen LogP contribution in [-0.4, -0.2) is 35.6 Å². The summed E-state index contributed by atoms with van der Waals surface area (Å²) in [5.41, 5.74) is 3.05. The molecule has 33 heavy (non-hydrogen) atoms. The minimum absolute atomic E-state index is 0.0255. The van der Waals surface area contributed by atoms with Gasteiger partial charge >= 0.3 is 0 Å². The minimum atomic E-state index is -0.577. The van der Waals surface area contributed by atoms with Gasteiger partial charge in [-0.25, -0.2) is 4.39 Å². The molecule has 3 aromatic carbocycles. The molecular weight excluding hydrogens is 534 g/mol. The van der Waals surface area contributed by atoms with E-state index in [0.717, 1.165) is 41.1 Å². The second kappa shape index (κ2) is 10.1. The zero-order chi connectivity index (χ0) is 23.4.